The maximum absolute atomic E-state index is 6.30. The molecule has 2 rings (SSSR count). The Labute approximate surface area is 108 Å². The third-order valence-corrected chi connectivity index (χ3v) is 4.52. The van der Waals surface area contributed by atoms with Gasteiger partial charge in [-0.05, 0) is 38.6 Å². The maximum Gasteiger partial charge on any atom is 0.0708 e. The van der Waals surface area contributed by atoms with Crippen molar-refractivity contribution in [3.05, 3.63) is 0 Å². The molecule has 2 nitrogen and oxygen atoms in total. The molecule has 0 amide bonds. The number of ether oxygens (including phenoxy) is 1. The lowest BCUT2D eigenvalue weighted by molar-refractivity contribution is -0.0622. The molecule has 2 aliphatic rings. The Morgan fingerprint density at radius 1 is 1.19 bits per heavy atom. The zero-order valence-corrected chi connectivity index (χ0v) is 11.7. The molecule has 0 radical (unpaired) electrons. The second-order valence-corrected chi connectivity index (χ2v) is 6.06. The molecule has 1 unspecified atom stereocenters. The van der Waals surface area contributed by atoms with Crippen LogP contribution in [0.2, 0.25) is 0 Å². The van der Waals surface area contributed by atoms with E-state index in [2.05, 4.69) is 21.2 Å². The van der Waals surface area contributed by atoms with Crippen molar-refractivity contribution in [3.63, 3.8) is 0 Å². The molecule has 1 heterocycles. The number of halogens is 1. The van der Waals surface area contributed by atoms with Crippen molar-refractivity contribution < 1.29 is 4.74 Å². The Morgan fingerprint density at radius 2 is 2.00 bits per heavy atom. The summed E-state index contributed by atoms with van der Waals surface area (Å²) in [6, 6.07) is 0. The molecule has 1 aliphatic heterocycles. The zero-order valence-electron chi connectivity index (χ0n) is 10.1. The molecule has 2 fully saturated rings. The van der Waals surface area contributed by atoms with Gasteiger partial charge in [-0.15, -0.1) is 0 Å². The third-order valence-electron chi connectivity index (χ3n) is 3.96. The van der Waals surface area contributed by atoms with Gasteiger partial charge in [0.05, 0.1) is 11.7 Å². The van der Waals surface area contributed by atoms with Crippen molar-refractivity contribution in [2.75, 3.05) is 18.4 Å². The van der Waals surface area contributed by atoms with E-state index in [-0.39, 0.29) is 0 Å². The van der Waals surface area contributed by atoms with E-state index in [1.807, 2.05) is 0 Å². The summed E-state index contributed by atoms with van der Waals surface area (Å²) in [4.78, 5) is 0. The first-order chi connectivity index (χ1) is 7.85. The Balaban J connectivity index is 1.66. The van der Waals surface area contributed by atoms with E-state index < -0.39 is 0 Å². The SMILES string of the molecule is BrCCCNCC1CCC2(CCCCC2)O1. The Bertz CT molecular complexity index is 204. The quantitative estimate of drug-likeness (QED) is 0.620. The van der Waals surface area contributed by atoms with Crippen molar-refractivity contribution in [3.8, 4) is 0 Å². The Hall–Kier alpha value is 0.400. The van der Waals surface area contributed by atoms with Crippen LogP contribution in [0.4, 0.5) is 0 Å². The Kier molecular flexibility index (Phi) is 5.11. The molecule has 1 saturated carbocycles. The number of alkyl halides is 1. The van der Waals surface area contributed by atoms with E-state index in [0.717, 1.165) is 18.4 Å². The van der Waals surface area contributed by atoms with Gasteiger partial charge in [0.2, 0.25) is 0 Å². The summed E-state index contributed by atoms with van der Waals surface area (Å²) >= 11 is 3.45. The minimum absolute atomic E-state index is 0.292. The van der Waals surface area contributed by atoms with Crippen LogP contribution in [0.5, 0.6) is 0 Å². The fourth-order valence-corrected chi connectivity index (χ4v) is 3.34. The fourth-order valence-electron chi connectivity index (χ4n) is 3.06. The maximum atomic E-state index is 6.30. The summed E-state index contributed by atoms with van der Waals surface area (Å²) in [6.07, 6.45) is 11.0. The van der Waals surface area contributed by atoms with Crippen LogP contribution in [0, 0.1) is 0 Å². The van der Waals surface area contributed by atoms with Crippen LogP contribution in [0.15, 0.2) is 0 Å². The van der Waals surface area contributed by atoms with Gasteiger partial charge in [-0.2, -0.15) is 0 Å². The van der Waals surface area contributed by atoms with E-state index in [1.165, 1.54) is 51.4 Å². The van der Waals surface area contributed by atoms with Gasteiger partial charge in [0.15, 0.2) is 0 Å². The molecule has 16 heavy (non-hydrogen) atoms. The van der Waals surface area contributed by atoms with Gasteiger partial charge >= 0.3 is 0 Å². The number of hydrogen-bond acceptors (Lipinski definition) is 2. The first-order valence-electron chi connectivity index (χ1n) is 6.79. The first kappa shape index (κ1) is 12.8. The van der Waals surface area contributed by atoms with Crippen molar-refractivity contribution in [1.29, 1.82) is 0 Å². The predicted octanol–water partition coefficient (Wildman–Crippen LogP) is 3.24. The smallest absolute Gasteiger partial charge is 0.0708 e. The van der Waals surface area contributed by atoms with Gasteiger partial charge in [0.25, 0.3) is 0 Å². The predicted molar refractivity (Wildman–Crippen MR) is 71.2 cm³/mol. The summed E-state index contributed by atoms with van der Waals surface area (Å²) in [5, 5.41) is 4.59. The van der Waals surface area contributed by atoms with Gasteiger partial charge in [0.1, 0.15) is 0 Å². The minimum Gasteiger partial charge on any atom is -0.370 e. The normalized spacial score (nSPS) is 28.7. The number of rotatable bonds is 5. The van der Waals surface area contributed by atoms with Crippen LogP contribution in [0.25, 0.3) is 0 Å². The molecule has 1 atom stereocenters. The average molecular weight is 290 g/mol. The molecule has 94 valence electrons. The van der Waals surface area contributed by atoms with Crippen molar-refractivity contribution >= 4 is 15.9 Å². The summed E-state index contributed by atoms with van der Waals surface area (Å²) in [7, 11) is 0. The molecular formula is C13H24BrNO. The number of nitrogens with one attached hydrogen (secondary N) is 1. The second-order valence-electron chi connectivity index (χ2n) is 5.27. The topological polar surface area (TPSA) is 21.3 Å². The summed E-state index contributed by atoms with van der Waals surface area (Å²) < 4.78 is 6.30. The van der Waals surface area contributed by atoms with Crippen LogP contribution in [0.1, 0.15) is 51.4 Å². The largest absolute Gasteiger partial charge is 0.370 e. The number of hydrogen-bond donors (Lipinski definition) is 1. The summed E-state index contributed by atoms with van der Waals surface area (Å²) in [5.74, 6) is 0. The van der Waals surface area contributed by atoms with Crippen molar-refractivity contribution in [2.24, 2.45) is 0 Å². The van der Waals surface area contributed by atoms with Crippen molar-refractivity contribution in [2.45, 2.75) is 63.1 Å². The third kappa shape index (κ3) is 3.44. The second kappa shape index (κ2) is 6.36. The highest BCUT2D eigenvalue weighted by Gasteiger charge is 2.40. The molecule has 0 bridgehead atoms. The van der Waals surface area contributed by atoms with E-state index in [9.17, 15) is 0 Å². The van der Waals surface area contributed by atoms with Crippen LogP contribution < -0.4 is 5.32 Å². The Morgan fingerprint density at radius 3 is 2.75 bits per heavy atom. The van der Waals surface area contributed by atoms with E-state index in [0.29, 0.717) is 11.7 Å². The lowest BCUT2D eigenvalue weighted by Gasteiger charge is -2.33. The molecule has 1 aliphatic carbocycles. The molecule has 1 spiro atoms. The van der Waals surface area contributed by atoms with E-state index in [4.69, 9.17) is 4.74 Å². The highest BCUT2D eigenvalue weighted by molar-refractivity contribution is 9.09. The fraction of sp³-hybridized carbons (Fsp3) is 1.00. The van der Waals surface area contributed by atoms with Gasteiger partial charge in [-0.25, -0.2) is 0 Å². The molecule has 3 heteroatoms. The average Bonchev–Trinajstić information content (AvgIpc) is 2.69. The summed E-state index contributed by atoms with van der Waals surface area (Å²) in [6.45, 7) is 2.16. The molecule has 1 N–H and O–H groups in total. The van der Waals surface area contributed by atoms with Crippen LogP contribution in [-0.4, -0.2) is 30.1 Å². The highest BCUT2D eigenvalue weighted by Crippen LogP contribution is 2.41. The van der Waals surface area contributed by atoms with E-state index in [1.54, 1.807) is 0 Å². The van der Waals surface area contributed by atoms with Gasteiger partial charge < -0.3 is 10.1 Å². The van der Waals surface area contributed by atoms with Gasteiger partial charge in [-0.3, -0.25) is 0 Å². The molecule has 0 aromatic heterocycles. The summed E-state index contributed by atoms with van der Waals surface area (Å²) in [5.41, 5.74) is 0.292. The lowest BCUT2D eigenvalue weighted by atomic mass is 9.83. The van der Waals surface area contributed by atoms with Crippen LogP contribution in [-0.2, 0) is 4.74 Å². The monoisotopic (exact) mass is 289 g/mol. The van der Waals surface area contributed by atoms with E-state index >= 15 is 0 Å². The molecule has 0 aromatic rings. The standard InChI is InChI=1S/C13H24BrNO/c14-9-4-10-15-11-12-5-8-13(16-12)6-2-1-3-7-13/h12,15H,1-11H2. The van der Waals surface area contributed by atoms with Gasteiger partial charge in [-0.1, -0.05) is 35.2 Å². The van der Waals surface area contributed by atoms with Gasteiger partial charge in [0, 0.05) is 11.9 Å². The first-order valence-corrected chi connectivity index (χ1v) is 7.91. The van der Waals surface area contributed by atoms with Crippen LogP contribution >= 0.6 is 15.9 Å². The van der Waals surface area contributed by atoms with Crippen LogP contribution in [0.3, 0.4) is 0 Å². The lowest BCUT2D eigenvalue weighted by Crippen LogP contribution is -2.34. The molecule has 1 saturated heterocycles. The highest BCUT2D eigenvalue weighted by atomic mass is 79.9. The molecule has 0 aromatic carbocycles. The minimum atomic E-state index is 0.292. The van der Waals surface area contributed by atoms with Crippen molar-refractivity contribution in [1.82, 2.24) is 5.32 Å². The molecular weight excluding hydrogens is 266 g/mol. The zero-order chi connectivity index (χ0) is 11.3.